The van der Waals surface area contributed by atoms with Crippen LogP contribution in [-0.2, 0) is 0 Å². The molecule has 94 valence electrons. The van der Waals surface area contributed by atoms with Crippen LogP contribution in [0.25, 0.3) is 0 Å². The highest BCUT2D eigenvalue weighted by molar-refractivity contribution is 4.91. The number of hydrogen-bond acceptors (Lipinski definition) is 4. The molecule has 1 unspecified atom stereocenters. The fourth-order valence-electron chi connectivity index (χ4n) is 2.56. The first-order valence-corrected chi connectivity index (χ1v) is 6.55. The number of nitrogens with one attached hydrogen (secondary N) is 2. The lowest BCUT2D eigenvalue weighted by molar-refractivity contribution is 0.151. The van der Waals surface area contributed by atoms with E-state index in [2.05, 4.69) is 34.4 Å². The van der Waals surface area contributed by atoms with Gasteiger partial charge in [-0.05, 0) is 26.9 Å². The molecule has 0 saturated carbocycles. The molecule has 0 aromatic carbocycles. The van der Waals surface area contributed by atoms with Gasteiger partial charge in [0.2, 0.25) is 0 Å². The number of piperazine rings is 1. The summed E-state index contributed by atoms with van der Waals surface area (Å²) < 4.78 is 0. The normalized spacial score (nSPS) is 33.4. The molecule has 2 N–H and O–H groups in total. The fraction of sp³-hybridized carbons (Fsp3) is 1.00. The van der Waals surface area contributed by atoms with Gasteiger partial charge in [0.25, 0.3) is 0 Å². The topological polar surface area (TPSA) is 30.5 Å². The third-order valence-electron chi connectivity index (χ3n) is 3.94. The Kier molecular flexibility index (Phi) is 4.19. The van der Waals surface area contributed by atoms with Gasteiger partial charge in [0.1, 0.15) is 0 Å². The summed E-state index contributed by atoms with van der Waals surface area (Å²) in [5.74, 6) is 0. The Labute approximate surface area is 99.4 Å². The molecule has 0 spiro atoms. The molecule has 0 radical (unpaired) electrons. The van der Waals surface area contributed by atoms with E-state index in [9.17, 15) is 0 Å². The minimum Gasteiger partial charge on any atom is -0.315 e. The zero-order valence-electron chi connectivity index (χ0n) is 10.8. The van der Waals surface area contributed by atoms with Gasteiger partial charge in [-0.2, -0.15) is 0 Å². The van der Waals surface area contributed by atoms with Crippen molar-refractivity contribution in [3.8, 4) is 0 Å². The van der Waals surface area contributed by atoms with Crippen molar-refractivity contribution in [2.45, 2.75) is 18.9 Å². The zero-order chi connectivity index (χ0) is 11.4. The summed E-state index contributed by atoms with van der Waals surface area (Å²) in [5, 5.41) is 7.12. The molecule has 2 rings (SSSR count). The van der Waals surface area contributed by atoms with Crippen molar-refractivity contribution in [1.82, 2.24) is 20.4 Å². The van der Waals surface area contributed by atoms with Crippen molar-refractivity contribution in [1.29, 1.82) is 0 Å². The third-order valence-corrected chi connectivity index (χ3v) is 3.94. The van der Waals surface area contributed by atoms with Crippen LogP contribution in [0.2, 0.25) is 0 Å². The lowest BCUT2D eigenvalue weighted by Gasteiger charge is -2.33. The quantitative estimate of drug-likeness (QED) is 0.681. The van der Waals surface area contributed by atoms with E-state index >= 15 is 0 Å². The van der Waals surface area contributed by atoms with Gasteiger partial charge in [0.05, 0.1) is 0 Å². The minimum atomic E-state index is 0.340. The first kappa shape index (κ1) is 12.3. The summed E-state index contributed by atoms with van der Waals surface area (Å²) in [7, 11) is 2.21. The van der Waals surface area contributed by atoms with Gasteiger partial charge in [-0.25, -0.2) is 0 Å². The second-order valence-electron chi connectivity index (χ2n) is 5.56. The highest BCUT2D eigenvalue weighted by Crippen LogP contribution is 2.12. The van der Waals surface area contributed by atoms with Crippen LogP contribution in [0.15, 0.2) is 0 Å². The Hall–Kier alpha value is -0.160. The van der Waals surface area contributed by atoms with Crippen LogP contribution >= 0.6 is 0 Å². The molecular weight excluding hydrogens is 200 g/mol. The number of rotatable bonds is 4. The van der Waals surface area contributed by atoms with Crippen LogP contribution in [0.3, 0.4) is 0 Å². The van der Waals surface area contributed by atoms with Crippen LogP contribution < -0.4 is 10.6 Å². The highest BCUT2D eigenvalue weighted by atomic mass is 15.3. The summed E-state index contributed by atoms with van der Waals surface area (Å²) in [5.41, 5.74) is 0.340. The Morgan fingerprint density at radius 3 is 2.62 bits per heavy atom. The minimum absolute atomic E-state index is 0.340. The SMILES string of the molecule is CN1CCN(CCNC2(C)CCNC2)CC1. The van der Waals surface area contributed by atoms with E-state index in [1.165, 1.54) is 39.1 Å². The van der Waals surface area contributed by atoms with Crippen molar-refractivity contribution in [3.05, 3.63) is 0 Å². The molecule has 0 aromatic heterocycles. The van der Waals surface area contributed by atoms with Crippen molar-refractivity contribution < 1.29 is 0 Å². The predicted octanol–water partition coefficient (Wildman–Crippen LogP) is -0.425. The molecule has 2 aliphatic rings. The summed E-state index contributed by atoms with van der Waals surface area (Å²) >= 11 is 0. The highest BCUT2D eigenvalue weighted by Gasteiger charge is 2.27. The van der Waals surface area contributed by atoms with E-state index in [-0.39, 0.29) is 0 Å². The fourth-order valence-corrected chi connectivity index (χ4v) is 2.56. The van der Waals surface area contributed by atoms with Gasteiger partial charge < -0.3 is 15.5 Å². The molecule has 4 nitrogen and oxygen atoms in total. The van der Waals surface area contributed by atoms with Gasteiger partial charge in [-0.3, -0.25) is 4.90 Å². The lowest BCUT2D eigenvalue weighted by Crippen LogP contribution is -2.50. The molecule has 2 aliphatic heterocycles. The van der Waals surface area contributed by atoms with Crippen molar-refractivity contribution >= 4 is 0 Å². The Morgan fingerprint density at radius 1 is 1.25 bits per heavy atom. The van der Waals surface area contributed by atoms with Crippen molar-refractivity contribution in [3.63, 3.8) is 0 Å². The van der Waals surface area contributed by atoms with Crippen LogP contribution in [0.5, 0.6) is 0 Å². The van der Waals surface area contributed by atoms with Gasteiger partial charge in [-0.15, -0.1) is 0 Å². The summed E-state index contributed by atoms with van der Waals surface area (Å²) in [4.78, 5) is 4.98. The van der Waals surface area contributed by atoms with Crippen LogP contribution in [0.4, 0.5) is 0 Å². The van der Waals surface area contributed by atoms with Crippen LogP contribution in [0, 0.1) is 0 Å². The van der Waals surface area contributed by atoms with E-state index in [1.54, 1.807) is 0 Å². The number of hydrogen-bond donors (Lipinski definition) is 2. The zero-order valence-corrected chi connectivity index (χ0v) is 10.8. The maximum absolute atomic E-state index is 3.70. The van der Waals surface area contributed by atoms with E-state index in [4.69, 9.17) is 0 Å². The largest absolute Gasteiger partial charge is 0.315 e. The molecule has 4 heteroatoms. The number of nitrogens with zero attached hydrogens (tertiary/aromatic N) is 2. The summed E-state index contributed by atoms with van der Waals surface area (Å²) in [6.07, 6.45) is 1.26. The summed E-state index contributed by atoms with van der Waals surface area (Å²) in [6, 6.07) is 0. The average Bonchev–Trinajstić information content (AvgIpc) is 2.69. The number of likely N-dealkylation sites (N-methyl/N-ethyl adjacent to an activating group) is 1. The first-order valence-electron chi connectivity index (χ1n) is 6.55. The van der Waals surface area contributed by atoms with Gasteiger partial charge in [0, 0.05) is 51.4 Å². The molecule has 2 saturated heterocycles. The van der Waals surface area contributed by atoms with Gasteiger partial charge in [-0.1, -0.05) is 0 Å². The van der Waals surface area contributed by atoms with Crippen LogP contribution in [0.1, 0.15) is 13.3 Å². The second kappa shape index (κ2) is 5.45. The Morgan fingerprint density at radius 2 is 2.00 bits per heavy atom. The molecule has 0 amide bonds. The Bertz CT molecular complexity index is 205. The van der Waals surface area contributed by atoms with Crippen molar-refractivity contribution in [2.24, 2.45) is 0 Å². The van der Waals surface area contributed by atoms with Gasteiger partial charge >= 0.3 is 0 Å². The van der Waals surface area contributed by atoms with Crippen LogP contribution in [-0.4, -0.2) is 74.7 Å². The molecule has 1 atom stereocenters. The molecule has 2 heterocycles. The molecule has 0 bridgehead atoms. The lowest BCUT2D eigenvalue weighted by atomic mass is 10.0. The van der Waals surface area contributed by atoms with Gasteiger partial charge in [0.15, 0.2) is 0 Å². The molecular formula is C12H26N4. The summed E-state index contributed by atoms with van der Waals surface area (Å²) in [6.45, 7) is 11.8. The second-order valence-corrected chi connectivity index (χ2v) is 5.56. The molecule has 16 heavy (non-hydrogen) atoms. The molecule has 2 fully saturated rings. The monoisotopic (exact) mass is 226 g/mol. The molecule has 0 aromatic rings. The predicted molar refractivity (Wildman–Crippen MR) is 67.8 cm³/mol. The average molecular weight is 226 g/mol. The maximum atomic E-state index is 3.70. The van der Waals surface area contributed by atoms with E-state index in [1.807, 2.05) is 0 Å². The Balaban J connectivity index is 1.61. The van der Waals surface area contributed by atoms with E-state index in [0.717, 1.165) is 19.6 Å². The first-order chi connectivity index (χ1) is 7.68. The van der Waals surface area contributed by atoms with E-state index < -0.39 is 0 Å². The maximum Gasteiger partial charge on any atom is 0.0290 e. The standard InChI is InChI=1S/C12H26N4/c1-12(3-4-13-11-12)14-5-6-16-9-7-15(2)8-10-16/h13-14H,3-11H2,1-2H3. The third kappa shape index (κ3) is 3.42. The molecule has 0 aliphatic carbocycles. The van der Waals surface area contributed by atoms with Crippen molar-refractivity contribution in [2.75, 3.05) is 59.4 Å². The smallest absolute Gasteiger partial charge is 0.0290 e. The van der Waals surface area contributed by atoms with E-state index in [0.29, 0.717) is 5.54 Å².